The van der Waals surface area contributed by atoms with E-state index in [1.54, 1.807) is 13.4 Å². The standard InChI is InChI=1S/C25H31NO3/c1-25(2,3)29-20-13-11-19(12-14-20)18-26-16-15-22(24-10-7-17-28-24)21-8-5-6-9-23(21)27-4/h5-14,17,22,26H,15-16,18H2,1-4H3. The van der Waals surface area contributed by atoms with Crippen LogP contribution in [0.1, 0.15) is 50.0 Å². The maximum absolute atomic E-state index is 5.88. The number of ether oxygens (including phenoxy) is 2. The molecule has 0 aliphatic rings. The van der Waals surface area contributed by atoms with Gasteiger partial charge in [-0.1, -0.05) is 30.3 Å². The van der Waals surface area contributed by atoms with Gasteiger partial charge < -0.3 is 19.2 Å². The quantitative estimate of drug-likeness (QED) is 0.468. The topological polar surface area (TPSA) is 43.6 Å². The van der Waals surface area contributed by atoms with Gasteiger partial charge in [-0.05, 0) is 69.6 Å². The van der Waals surface area contributed by atoms with Crippen LogP contribution in [0.5, 0.6) is 11.5 Å². The summed E-state index contributed by atoms with van der Waals surface area (Å²) in [5.41, 5.74) is 2.20. The Labute approximate surface area is 173 Å². The molecule has 2 aromatic carbocycles. The van der Waals surface area contributed by atoms with Crippen molar-refractivity contribution in [1.29, 1.82) is 0 Å². The summed E-state index contributed by atoms with van der Waals surface area (Å²) in [5.74, 6) is 2.90. The molecule has 3 rings (SSSR count). The van der Waals surface area contributed by atoms with Crippen LogP contribution in [0.4, 0.5) is 0 Å². The third-order valence-electron chi connectivity index (χ3n) is 4.69. The SMILES string of the molecule is COc1ccccc1C(CCNCc1ccc(OC(C)(C)C)cc1)c1ccco1. The zero-order valence-electron chi connectivity index (χ0n) is 17.8. The lowest BCUT2D eigenvalue weighted by Crippen LogP contribution is -2.23. The van der Waals surface area contributed by atoms with Gasteiger partial charge in [0.25, 0.3) is 0 Å². The molecule has 0 saturated heterocycles. The highest BCUT2D eigenvalue weighted by atomic mass is 16.5. The van der Waals surface area contributed by atoms with Gasteiger partial charge in [0.2, 0.25) is 0 Å². The lowest BCUT2D eigenvalue weighted by molar-refractivity contribution is 0.131. The predicted molar refractivity (Wildman–Crippen MR) is 117 cm³/mol. The number of furan rings is 1. The van der Waals surface area contributed by atoms with Gasteiger partial charge in [0.05, 0.1) is 13.4 Å². The molecule has 1 aromatic heterocycles. The van der Waals surface area contributed by atoms with Crippen LogP contribution in [0.2, 0.25) is 0 Å². The lowest BCUT2D eigenvalue weighted by Gasteiger charge is -2.21. The highest BCUT2D eigenvalue weighted by Gasteiger charge is 2.20. The minimum Gasteiger partial charge on any atom is -0.496 e. The van der Waals surface area contributed by atoms with Crippen molar-refractivity contribution in [3.05, 3.63) is 83.8 Å². The lowest BCUT2D eigenvalue weighted by atomic mass is 9.92. The van der Waals surface area contributed by atoms with Gasteiger partial charge in [0, 0.05) is 18.0 Å². The van der Waals surface area contributed by atoms with Crippen LogP contribution in [-0.4, -0.2) is 19.3 Å². The smallest absolute Gasteiger partial charge is 0.122 e. The highest BCUT2D eigenvalue weighted by Crippen LogP contribution is 2.34. The van der Waals surface area contributed by atoms with E-state index in [0.29, 0.717) is 0 Å². The van der Waals surface area contributed by atoms with Gasteiger partial charge in [-0.25, -0.2) is 0 Å². The predicted octanol–water partition coefficient (Wildman–Crippen LogP) is 5.78. The summed E-state index contributed by atoms with van der Waals surface area (Å²) in [6.07, 6.45) is 2.64. The molecular weight excluding hydrogens is 362 g/mol. The number of methoxy groups -OCH3 is 1. The minimum absolute atomic E-state index is 0.149. The Morgan fingerprint density at radius 1 is 0.966 bits per heavy atom. The fraction of sp³-hybridized carbons (Fsp3) is 0.360. The molecule has 0 bridgehead atoms. The zero-order chi connectivity index (χ0) is 20.7. The molecule has 1 unspecified atom stereocenters. The zero-order valence-corrected chi connectivity index (χ0v) is 17.8. The second-order valence-corrected chi connectivity index (χ2v) is 8.13. The summed E-state index contributed by atoms with van der Waals surface area (Å²) in [6, 6.07) is 20.4. The number of hydrogen-bond donors (Lipinski definition) is 1. The highest BCUT2D eigenvalue weighted by molar-refractivity contribution is 5.40. The third kappa shape index (κ3) is 6.13. The fourth-order valence-electron chi connectivity index (χ4n) is 3.40. The van der Waals surface area contributed by atoms with Crippen molar-refractivity contribution in [1.82, 2.24) is 5.32 Å². The van der Waals surface area contributed by atoms with Crippen molar-refractivity contribution in [2.75, 3.05) is 13.7 Å². The number of benzene rings is 2. The molecule has 1 heterocycles. The van der Waals surface area contributed by atoms with E-state index in [1.807, 2.05) is 42.5 Å². The summed E-state index contributed by atoms with van der Waals surface area (Å²) < 4.78 is 17.2. The first-order valence-electron chi connectivity index (χ1n) is 10.1. The molecule has 0 aliphatic heterocycles. The molecule has 1 N–H and O–H groups in total. The second kappa shape index (κ2) is 9.66. The molecule has 0 fully saturated rings. The average molecular weight is 394 g/mol. The van der Waals surface area contributed by atoms with E-state index < -0.39 is 0 Å². The molecule has 154 valence electrons. The molecule has 1 atom stereocenters. The average Bonchev–Trinajstić information content (AvgIpc) is 3.22. The third-order valence-corrected chi connectivity index (χ3v) is 4.69. The molecule has 4 nitrogen and oxygen atoms in total. The molecule has 0 aliphatic carbocycles. The van der Waals surface area contributed by atoms with Gasteiger partial charge >= 0.3 is 0 Å². The van der Waals surface area contributed by atoms with Gasteiger partial charge in [0.1, 0.15) is 22.9 Å². The van der Waals surface area contributed by atoms with E-state index >= 15 is 0 Å². The van der Waals surface area contributed by atoms with Crippen LogP contribution >= 0.6 is 0 Å². The number of rotatable bonds is 9. The van der Waals surface area contributed by atoms with Crippen LogP contribution in [0.15, 0.2) is 71.3 Å². The van der Waals surface area contributed by atoms with Crippen molar-refractivity contribution in [2.24, 2.45) is 0 Å². The molecule has 0 amide bonds. The van der Waals surface area contributed by atoms with Crippen LogP contribution in [-0.2, 0) is 6.54 Å². The van der Waals surface area contributed by atoms with Gasteiger partial charge in [-0.15, -0.1) is 0 Å². The summed E-state index contributed by atoms with van der Waals surface area (Å²) in [5, 5.41) is 3.55. The first-order chi connectivity index (χ1) is 14.0. The van der Waals surface area contributed by atoms with Crippen LogP contribution < -0.4 is 14.8 Å². The Morgan fingerprint density at radius 3 is 2.38 bits per heavy atom. The Bertz CT molecular complexity index is 864. The van der Waals surface area contributed by atoms with E-state index in [-0.39, 0.29) is 11.5 Å². The Kier molecular flexibility index (Phi) is 6.99. The first kappa shape index (κ1) is 21.0. The molecule has 4 heteroatoms. The summed E-state index contributed by atoms with van der Waals surface area (Å²) in [6.45, 7) is 7.84. The second-order valence-electron chi connectivity index (χ2n) is 8.13. The van der Waals surface area contributed by atoms with Crippen molar-refractivity contribution in [2.45, 2.75) is 45.3 Å². The number of para-hydroxylation sites is 1. The minimum atomic E-state index is -0.181. The Balaban J connectivity index is 1.58. The van der Waals surface area contributed by atoms with Crippen LogP contribution in [0.3, 0.4) is 0 Å². The summed E-state index contributed by atoms with van der Waals surface area (Å²) in [7, 11) is 1.71. The molecular formula is C25H31NO3. The van der Waals surface area contributed by atoms with Crippen molar-refractivity contribution in [3.8, 4) is 11.5 Å². The van der Waals surface area contributed by atoms with Gasteiger partial charge in [0.15, 0.2) is 0 Å². The van der Waals surface area contributed by atoms with E-state index in [1.165, 1.54) is 5.56 Å². The Hall–Kier alpha value is -2.72. The van der Waals surface area contributed by atoms with E-state index in [4.69, 9.17) is 13.9 Å². The van der Waals surface area contributed by atoms with E-state index in [0.717, 1.165) is 42.3 Å². The molecule has 0 spiro atoms. The van der Waals surface area contributed by atoms with Crippen LogP contribution in [0.25, 0.3) is 0 Å². The summed E-state index contributed by atoms with van der Waals surface area (Å²) >= 11 is 0. The Morgan fingerprint density at radius 2 is 1.72 bits per heavy atom. The fourth-order valence-corrected chi connectivity index (χ4v) is 3.40. The van der Waals surface area contributed by atoms with Crippen LogP contribution in [0, 0.1) is 0 Å². The number of hydrogen-bond acceptors (Lipinski definition) is 4. The van der Waals surface area contributed by atoms with E-state index in [9.17, 15) is 0 Å². The van der Waals surface area contributed by atoms with Gasteiger partial charge in [-0.3, -0.25) is 0 Å². The monoisotopic (exact) mass is 393 g/mol. The van der Waals surface area contributed by atoms with E-state index in [2.05, 4.69) is 44.3 Å². The molecule has 0 radical (unpaired) electrons. The molecule has 0 saturated carbocycles. The number of nitrogens with one attached hydrogen (secondary N) is 1. The van der Waals surface area contributed by atoms with Crippen molar-refractivity contribution < 1.29 is 13.9 Å². The largest absolute Gasteiger partial charge is 0.496 e. The normalized spacial score (nSPS) is 12.6. The maximum atomic E-state index is 5.88. The van der Waals surface area contributed by atoms with Crippen molar-refractivity contribution in [3.63, 3.8) is 0 Å². The maximum Gasteiger partial charge on any atom is 0.122 e. The van der Waals surface area contributed by atoms with Gasteiger partial charge in [-0.2, -0.15) is 0 Å². The molecule has 29 heavy (non-hydrogen) atoms. The first-order valence-corrected chi connectivity index (χ1v) is 10.1. The van der Waals surface area contributed by atoms with Crippen molar-refractivity contribution >= 4 is 0 Å². The summed E-state index contributed by atoms with van der Waals surface area (Å²) in [4.78, 5) is 0. The molecule has 3 aromatic rings.